The highest BCUT2D eigenvalue weighted by Crippen LogP contribution is 2.17. The topological polar surface area (TPSA) is 54.2 Å². The summed E-state index contributed by atoms with van der Waals surface area (Å²) in [5.41, 5.74) is 6.94. The summed E-state index contributed by atoms with van der Waals surface area (Å²) < 4.78 is 0.988. The van der Waals surface area contributed by atoms with Crippen LogP contribution in [0, 0.1) is 0 Å². The number of pyridine rings is 1. The van der Waals surface area contributed by atoms with Gasteiger partial charge in [0.2, 0.25) is 0 Å². The Bertz CT molecular complexity index is 336. The molecule has 2 rings (SSSR count). The van der Waals surface area contributed by atoms with Gasteiger partial charge in [-0.3, -0.25) is 4.90 Å². The van der Waals surface area contributed by atoms with Crippen LogP contribution < -0.4 is 11.1 Å². The second kappa shape index (κ2) is 4.92. The van der Waals surface area contributed by atoms with E-state index in [9.17, 15) is 0 Å². The summed E-state index contributed by atoms with van der Waals surface area (Å²) in [5.74, 6) is 0.636. The lowest BCUT2D eigenvalue weighted by Gasteiger charge is -2.27. The minimum Gasteiger partial charge on any atom is -0.383 e. The largest absolute Gasteiger partial charge is 0.383 e. The lowest BCUT2D eigenvalue weighted by atomic mass is 10.2. The molecule has 4 nitrogen and oxygen atoms in total. The van der Waals surface area contributed by atoms with E-state index in [1.807, 2.05) is 6.07 Å². The van der Waals surface area contributed by atoms with E-state index >= 15 is 0 Å². The zero-order valence-corrected chi connectivity index (χ0v) is 10.1. The fourth-order valence-corrected chi connectivity index (χ4v) is 2.11. The second-order valence-corrected chi connectivity index (χ2v) is 4.64. The second-order valence-electron chi connectivity index (χ2n) is 3.72. The number of halogens is 1. The summed E-state index contributed by atoms with van der Waals surface area (Å²) in [7, 11) is 0. The van der Waals surface area contributed by atoms with E-state index < -0.39 is 0 Å². The van der Waals surface area contributed by atoms with Crippen molar-refractivity contribution < 1.29 is 0 Å². The molecular weight excluding hydrogens is 256 g/mol. The maximum absolute atomic E-state index is 5.83. The molecule has 0 saturated carbocycles. The van der Waals surface area contributed by atoms with Gasteiger partial charge in [0.25, 0.3) is 0 Å². The van der Waals surface area contributed by atoms with Crippen LogP contribution in [0.4, 0.5) is 5.82 Å². The van der Waals surface area contributed by atoms with E-state index in [0.717, 1.165) is 42.8 Å². The first-order valence-electron chi connectivity index (χ1n) is 5.08. The lowest BCUT2D eigenvalue weighted by molar-refractivity contribution is 0.233. The predicted molar refractivity (Wildman–Crippen MR) is 64.5 cm³/mol. The number of piperazine rings is 1. The molecule has 2 heterocycles. The van der Waals surface area contributed by atoms with Gasteiger partial charge >= 0.3 is 0 Å². The summed E-state index contributed by atoms with van der Waals surface area (Å²) in [6.45, 7) is 5.15. The standard InChI is InChI=1S/C10H15BrN4/c11-9-5-8(10(12)14-6-9)7-15-3-1-13-2-4-15/h5-6,13H,1-4,7H2,(H2,12,14). The third kappa shape index (κ3) is 2.90. The van der Waals surface area contributed by atoms with Crippen molar-refractivity contribution in [2.75, 3.05) is 31.9 Å². The Morgan fingerprint density at radius 2 is 2.20 bits per heavy atom. The normalized spacial score (nSPS) is 17.9. The van der Waals surface area contributed by atoms with Crippen LogP contribution in [0.2, 0.25) is 0 Å². The Balaban J connectivity index is 2.05. The molecule has 0 aromatic carbocycles. The highest BCUT2D eigenvalue weighted by atomic mass is 79.9. The van der Waals surface area contributed by atoms with Crippen LogP contribution in [-0.4, -0.2) is 36.1 Å². The van der Waals surface area contributed by atoms with Crippen molar-refractivity contribution in [3.8, 4) is 0 Å². The molecular formula is C10H15BrN4. The molecule has 0 aliphatic carbocycles. The molecule has 3 N–H and O–H groups in total. The molecule has 0 radical (unpaired) electrons. The maximum Gasteiger partial charge on any atom is 0.127 e. The van der Waals surface area contributed by atoms with Crippen molar-refractivity contribution in [2.45, 2.75) is 6.54 Å². The van der Waals surface area contributed by atoms with Gasteiger partial charge in [0.1, 0.15) is 5.82 Å². The van der Waals surface area contributed by atoms with Gasteiger partial charge in [-0.25, -0.2) is 4.98 Å². The van der Waals surface area contributed by atoms with Crippen molar-refractivity contribution in [3.63, 3.8) is 0 Å². The van der Waals surface area contributed by atoms with Crippen molar-refractivity contribution in [1.82, 2.24) is 15.2 Å². The van der Waals surface area contributed by atoms with E-state index in [-0.39, 0.29) is 0 Å². The highest BCUT2D eigenvalue weighted by Gasteiger charge is 2.11. The highest BCUT2D eigenvalue weighted by molar-refractivity contribution is 9.10. The Kier molecular flexibility index (Phi) is 3.56. The van der Waals surface area contributed by atoms with Crippen LogP contribution in [0.15, 0.2) is 16.7 Å². The number of nitrogen functional groups attached to an aromatic ring is 1. The molecule has 1 fully saturated rings. The third-order valence-corrected chi connectivity index (χ3v) is 3.01. The number of rotatable bonds is 2. The molecule has 0 spiro atoms. The lowest BCUT2D eigenvalue weighted by Crippen LogP contribution is -2.43. The Labute approximate surface area is 98.0 Å². The van der Waals surface area contributed by atoms with Crippen LogP contribution in [-0.2, 0) is 6.54 Å². The first kappa shape index (κ1) is 10.9. The van der Waals surface area contributed by atoms with Crippen molar-refractivity contribution >= 4 is 21.7 Å². The molecule has 1 aromatic rings. The smallest absolute Gasteiger partial charge is 0.127 e. The number of nitrogens with two attached hydrogens (primary N) is 1. The van der Waals surface area contributed by atoms with Gasteiger partial charge in [0, 0.05) is 49.0 Å². The average Bonchev–Trinajstić information content (AvgIpc) is 2.25. The van der Waals surface area contributed by atoms with Crippen LogP contribution >= 0.6 is 15.9 Å². The van der Waals surface area contributed by atoms with Crippen molar-refractivity contribution in [2.24, 2.45) is 0 Å². The number of hydrogen-bond donors (Lipinski definition) is 2. The predicted octanol–water partition coefficient (Wildman–Crippen LogP) is 0.831. The summed E-state index contributed by atoms with van der Waals surface area (Å²) in [5, 5.41) is 3.33. The van der Waals surface area contributed by atoms with Crippen LogP contribution in [0.5, 0.6) is 0 Å². The number of hydrogen-bond acceptors (Lipinski definition) is 4. The zero-order chi connectivity index (χ0) is 10.7. The fraction of sp³-hybridized carbons (Fsp3) is 0.500. The van der Waals surface area contributed by atoms with Gasteiger partial charge < -0.3 is 11.1 Å². The molecule has 1 aromatic heterocycles. The van der Waals surface area contributed by atoms with Crippen LogP contribution in [0.1, 0.15) is 5.56 Å². The van der Waals surface area contributed by atoms with Crippen molar-refractivity contribution in [3.05, 3.63) is 22.3 Å². The molecule has 5 heteroatoms. The van der Waals surface area contributed by atoms with E-state index in [1.54, 1.807) is 6.20 Å². The molecule has 0 unspecified atom stereocenters. The van der Waals surface area contributed by atoms with Crippen molar-refractivity contribution in [1.29, 1.82) is 0 Å². The first-order valence-corrected chi connectivity index (χ1v) is 5.88. The SMILES string of the molecule is Nc1ncc(Br)cc1CN1CCNCC1. The van der Waals surface area contributed by atoms with E-state index in [0.29, 0.717) is 5.82 Å². The summed E-state index contributed by atoms with van der Waals surface area (Å²) in [6.07, 6.45) is 1.73. The third-order valence-electron chi connectivity index (χ3n) is 2.57. The van der Waals surface area contributed by atoms with Gasteiger partial charge in [-0.2, -0.15) is 0 Å². The Hall–Kier alpha value is -0.650. The first-order chi connectivity index (χ1) is 7.25. The number of nitrogens with one attached hydrogen (secondary N) is 1. The molecule has 1 saturated heterocycles. The number of aromatic nitrogens is 1. The molecule has 1 aliphatic rings. The van der Waals surface area contributed by atoms with E-state index in [2.05, 4.69) is 31.1 Å². The molecule has 0 bridgehead atoms. The maximum atomic E-state index is 5.83. The summed E-state index contributed by atoms with van der Waals surface area (Å²) in [4.78, 5) is 6.52. The van der Waals surface area contributed by atoms with Gasteiger partial charge in [-0.05, 0) is 22.0 Å². The zero-order valence-electron chi connectivity index (χ0n) is 8.54. The quantitative estimate of drug-likeness (QED) is 0.836. The number of anilines is 1. The molecule has 0 atom stereocenters. The van der Waals surface area contributed by atoms with Gasteiger partial charge in [0.05, 0.1) is 0 Å². The average molecular weight is 271 g/mol. The Morgan fingerprint density at radius 3 is 2.93 bits per heavy atom. The van der Waals surface area contributed by atoms with Crippen LogP contribution in [0.3, 0.4) is 0 Å². The summed E-state index contributed by atoms with van der Waals surface area (Å²) >= 11 is 3.41. The molecule has 15 heavy (non-hydrogen) atoms. The Morgan fingerprint density at radius 1 is 1.47 bits per heavy atom. The molecule has 82 valence electrons. The molecule has 0 amide bonds. The van der Waals surface area contributed by atoms with Gasteiger partial charge in [-0.1, -0.05) is 0 Å². The van der Waals surface area contributed by atoms with Crippen LogP contribution in [0.25, 0.3) is 0 Å². The molecule has 1 aliphatic heterocycles. The van der Waals surface area contributed by atoms with E-state index in [4.69, 9.17) is 5.73 Å². The minimum atomic E-state index is 0.636. The van der Waals surface area contributed by atoms with Gasteiger partial charge in [-0.15, -0.1) is 0 Å². The fourth-order valence-electron chi connectivity index (χ4n) is 1.73. The summed E-state index contributed by atoms with van der Waals surface area (Å²) in [6, 6.07) is 2.05. The monoisotopic (exact) mass is 270 g/mol. The number of nitrogens with zero attached hydrogens (tertiary/aromatic N) is 2. The minimum absolute atomic E-state index is 0.636. The van der Waals surface area contributed by atoms with E-state index in [1.165, 1.54) is 0 Å². The van der Waals surface area contributed by atoms with Gasteiger partial charge in [0.15, 0.2) is 0 Å².